The van der Waals surface area contributed by atoms with Crippen LogP contribution in [0.25, 0.3) is 0 Å². The van der Waals surface area contributed by atoms with Crippen LogP contribution in [0.2, 0.25) is 0 Å². The van der Waals surface area contributed by atoms with Gasteiger partial charge in [-0.15, -0.1) is 0 Å². The second-order valence-electron chi connectivity index (χ2n) is 5.98. The molecule has 7 heteroatoms. The number of nitrogens with one attached hydrogen (secondary N) is 1. The first kappa shape index (κ1) is 15.6. The molecule has 2 unspecified atom stereocenters. The molecule has 2 aliphatic rings. The molecule has 2 rings (SSSR count). The van der Waals surface area contributed by atoms with Gasteiger partial charge in [0.15, 0.2) is 0 Å². The summed E-state index contributed by atoms with van der Waals surface area (Å²) in [5.41, 5.74) is 0. The van der Waals surface area contributed by atoms with Crippen LogP contribution < -0.4 is 5.32 Å². The van der Waals surface area contributed by atoms with Crippen molar-refractivity contribution in [2.75, 3.05) is 32.7 Å². The lowest BCUT2D eigenvalue weighted by Gasteiger charge is -2.39. The quantitative estimate of drug-likeness (QED) is 0.787. The molecule has 2 heterocycles. The predicted octanol–water partition coefficient (Wildman–Crippen LogP) is 0.361. The minimum Gasteiger partial charge on any atom is -0.481 e. The SMILES string of the molecule is CC(CC(=O)O)C1CCCN(C(=O)N2CCNC(=O)C2)C1. The lowest BCUT2D eigenvalue weighted by molar-refractivity contribution is -0.138. The van der Waals surface area contributed by atoms with Crippen LogP contribution in [0.5, 0.6) is 0 Å². The number of carbonyl (C=O) groups excluding carboxylic acids is 2. The van der Waals surface area contributed by atoms with Crippen LogP contribution in [0, 0.1) is 11.8 Å². The summed E-state index contributed by atoms with van der Waals surface area (Å²) in [6.07, 6.45) is 1.98. The summed E-state index contributed by atoms with van der Waals surface area (Å²) in [7, 11) is 0. The van der Waals surface area contributed by atoms with E-state index in [4.69, 9.17) is 5.11 Å². The van der Waals surface area contributed by atoms with Crippen molar-refractivity contribution in [2.45, 2.75) is 26.2 Å². The Balaban J connectivity index is 1.92. The monoisotopic (exact) mass is 297 g/mol. The predicted molar refractivity (Wildman–Crippen MR) is 75.7 cm³/mol. The number of urea groups is 1. The van der Waals surface area contributed by atoms with Gasteiger partial charge in [-0.2, -0.15) is 0 Å². The lowest BCUT2D eigenvalue weighted by Crippen LogP contribution is -2.55. The number of hydrogen-bond acceptors (Lipinski definition) is 3. The van der Waals surface area contributed by atoms with Crippen LogP contribution in [0.1, 0.15) is 26.2 Å². The molecule has 2 aliphatic heterocycles. The Morgan fingerprint density at radius 3 is 2.81 bits per heavy atom. The maximum absolute atomic E-state index is 12.4. The average Bonchev–Trinajstić information content (AvgIpc) is 2.46. The van der Waals surface area contributed by atoms with E-state index in [1.807, 2.05) is 6.92 Å². The number of carboxylic acids is 1. The molecular weight excluding hydrogens is 274 g/mol. The van der Waals surface area contributed by atoms with Gasteiger partial charge in [-0.3, -0.25) is 9.59 Å². The number of hydrogen-bond donors (Lipinski definition) is 2. The standard InChI is InChI=1S/C14H23N3O4/c1-10(7-13(19)20)11-3-2-5-16(8-11)14(21)17-6-4-15-12(18)9-17/h10-11H,2-9H2,1H3,(H,15,18)(H,19,20). The second kappa shape index (κ2) is 6.78. The van der Waals surface area contributed by atoms with Gasteiger partial charge >= 0.3 is 12.0 Å². The molecule has 2 N–H and O–H groups in total. The van der Waals surface area contributed by atoms with Crippen molar-refractivity contribution in [3.8, 4) is 0 Å². The summed E-state index contributed by atoms with van der Waals surface area (Å²) in [6.45, 7) is 4.36. The largest absolute Gasteiger partial charge is 0.481 e. The molecule has 3 amide bonds. The van der Waals surface area contributed by atoms with E-state index >= 15 is 0 Å². The van der Waals surface area contributed by atoms with E-state index in [0.717, 1.165) is 12.8 Å². The molecule has 21 heavy (non-hydrogen) atoms. The molecule has 2 fully saturated rings. The smallest absolute Gasteiger partial charge is 0.320 e. The number of aliphatic carboxylic acids is 1. The zero-order valence-corrected chi connectivity index (χ0v) is 12.4. The zero-order chi connectivity index (χ0) is 15.4. The Bertz CT molecular complexity index is 426. The minimum atomic E-state index is -0.793. The highest BCUT2D eigenvalue weighted by molar-refractivity contribution is 5.85. The fraction of sp³-hybridized carbons (Fsp3) is 0.786. The molecule has 0 aromatic carbocycles. The summed E-state index contributed by atoms with van der Waals surface area (Å²) >= 11 is 0. The maximum Gasteiger partial charge on any atom is 0.320 e. The van der Waals surface area contributed by atoms with E-state index < -0.39 is 5.97 Å². The molecule has 0 aliphatic carbocycles. The van der Waals surface area contributed by atoms with E-state index in [-0.39, 0.29) is 36.7 Å². The number of nitrogens with zero attached hydrogens (tertiary/aromatic N) is 2. The Morgan fingerprint density at radius 2 is 2.14 bits per heavy atom. The van der Waals surface area contributed by atoms with E-state index in [9.17, 15) is 14.4 Å². The van der Waals surface area contributed by atoms with E-state index in [1.165, 1.54) is 0 Å². The molecule has 0 radical (unpaired) electrons. The summed E-state index contributed by atoms with van der Waals surface area (Å²) in [5.74, 6) is -0.638. The first-order valence-corrected chi connectivity index (χ1v) is 7.49. The number of amides is 3. The van der Waals surface area contributed by atoms with Gasteiger partial charge in [-0.25, -0.2) is 4.79 Å². The van der Waals surface area contributed by atoms with E-state index in [1.54, 1.807) is 9.80 Å². The average molecular weight is 297 g/mol. The number of piperazine rings is 1. The van der Waals surface area contributed by atoms with Crippen molar-refractivity contribution in [3.05, 3.63) is 0 Å². The van der Waals surface area contributed by atoms with Gasteiger partial charge < -0.3 is 20.2 Å². The fourth-order valence-corrected chi connectivity index (χ4v) is 3.09. The molecule has 2 atom stereocenters. The van der Waals surface area contributed by atoms with Gasteiger partial charge in [0, 0.05) is 32.6 Å². The van der Waals surface area contributed by atoms with Crippen molar-refractivity contribution in [1.29, 1.82) is 0 Å². The van der Waals surface area contributed by atoms with Crippen molar-refractivity contribution in [3.63, 3.8) is 0 Å². The highest BCUT2D eigenvalue weighted by atomic mass is 16.4. The van der Waals surface area contributed by atoms with Crippen LogP contribution in [-0.4, -0.2) is 65.5 Å². The molecule has 2 saturated heterocycles. The molecule has 7 nitrogen and oxygen atoms in total. The van der Waals surface area contributed by atoms with Crippen molar-refractivity contribution < 1.29 is 19.5 Å². The molecule has 0 spiro atoms. The number of rotatable bonds is 3. The lowest BCUT2D eigenvalue weighted by atomic mass is 9.85. The van der Waals surface area contributed by atoms with Crippen LogP contribution in [0.3, 0.4) is 0 Å². The van der Waals surface area contributed by atoms with Crippen molar-refractivity contribution in [1.82, 2.24) is 15.1 Å². The third-order valence-corrected chi connectivity index (χ3v) is 4.34. The Hall–Kier alpha value is -1.79. The van der Waals surface area contributed by atoms with Crippen LogP contribution >= 0.6 is 0 Å². The molecule has 0 aromatic heterocycles. The van der Waals surface area contributed by atoms with Crippen molar-refractivity contribution in [2.24, 2.45) is 11.8 Å². The topological polar surface area (TPSA) is 89.9 Å². The Labute approximate surface area is 124 Å². The van der Waals surface area contributed by atoms with Gasteiger partial charge in [0.05, 0.1) is 0 Å². The van der Waals surface area contributed by atoms with Crippen LogP contribution in [-0.2, 0) is 9.59 Å². The van der Waals surface area contributed by atoms with Gasteiger partial charge in [-0.05, 0) is 24.7 Å². The van der Waals surface area contributed by atoms with E-state index in [0.29, 0.717) is 26.2 Å². The normalized spacial score (nSPS) is 24.4. The third-order valence-electron chi connectivity index (χ3n) is 4.34. The van der Waals surface area contributed by atoms with E-state index in [2.05, 4.69) is 5.32 Å². The number of carboxylic acid groups (broad SMARTS) is 1. The Kier molecular flexibility index (Phi) is 5.03. The number of piperidine rings is 1. The number of likely N-dealkylation sites (tertiary alicyclic amines) is 1. The number of carbonyl (C=O) groups is 3. The van der Waals surface area contributed by atoms with Gasteiger partial charge in [0.25, 0.3) is 0 Å². The highest BCUT2D eigenvalue weighted by Gasteiger charge is 2.31. The Morgan fingerprint density at radius 1 is 1.38 bits per heavy atom. The molecule has 0 saturated carbocycles. The fourth-order valence-electron chi connectivity index (χ4n) is 3.09. The second-order valence-corrected chi connectivity index (χ2v) is 5.98. The maximum atomic E-state index is 12.4. The summed E-state index contributed by atoms with van der Waals surface area (Å²) in [6, 6.07) is -0.0999. The zero-order valence-electron chi connectivity index (χ0n) is 12.4. The summed E-state index contributed by atoms with van der Waals surface area (Å²) < 4.78 is 0. The minimum absolute atomic E-state index is 0.0581. The van der Waals surface area contributed by atoms with Crippen LogP contribution in [0.4, 0.5) is 4.79 Å². The van der Waals surface area contributed by atoms with Crippen molar-refractivity contribution >= 4 is 17.9 Å². The molecule has 0 bridgehead atoms. The molecular formula is C14H23N3O4. The summed E-state index contributed by atoms with van der Waals surface area (Å²) in [4.78, 5) is 38.0. The first-order valence-electron chi connectivity index (χ1n) is 7.49. The summed E-state index contributed by atoms with van der Waals surface area (Å²) in [5, 5.41) is 11.6. The molecule has 118 valence electrons. The highest BCUT2D eigenvalue weighted by Crippen LogP contribution is 2.26. The first-order chi connectivity index (χ1) is 9.97. The van der Waals surface area contributed by atoms with Gasteiger partial charge in [0.1, 0.15) is 6.54 Å². The third kappa shape index (κ3) is 4.09. The van der Waals surface area contributed by atoms with Crippen LogP contribution in [0.15, 0.2) is 0 Å². The van der Waals surface area contributed by atoms with Gasteiger partial charge in [0.2, 0.25) is 5.91 Å². The van der Waals surface area contributed by atoms with Gasteiger partial charge in [-0.1, -0.05) is 6.92 Å². The molecule has 0 aromatic rings.